The van der Waals surface area contributed by atoms with E-state index in [2.05, 4.69) is 51.1 Å². The molecule has 4 heteroatoms. The van der Waals surface area contributed by atoms with Crippen molar-refractivity contribution in [1.29, 1.82) is 0 Å². The zero-order chi connectivity index (χ0) is 19.7. The molecule has 0 aromatic heterocycles. The summed E-state index contributed by atoms with van der Waals surface area (Å²) in [7, 11) is 1.71. The van der Waals surface area contributed by atoms with Gasteiger partial charge in [0, 0.05) is 29.7 Å². The maximum absolute atomic E-state index is 14.4. The predicted octanol–water partition coefficient (Wildman–Crippen LogP) is 6.32. The van der Waals surface area contributed by atoms with Crippen molar-refractivity contribution in [2.75, 3.05) is 13.7 Å². The van der Waals surface area contributed by atoms with Gasteiger partial charge in [-0.15, -0.1) is 0 Å². The van der Waals surface area contributed by atoms with Crippen LogP contribution in [0.4, 0.5) is 4.39 Å². The second-order valence-corrected chi connectivity index (χ2v) is 9.53. The second-order valence-electron chi connectivity index (χ2n) is 8.39. The van der Waals surface area contributed by atoms with E-state index in [-0.39, 0.29) is 17.3 Å². The molecular weight excluding hydrogens is 359 g/mol. The molecule has 1 aliphatic rings. The van der Waals surface area contributed by atoms with E-state index in [4.69, 9.17) is 9.47 Å². The molecule has 3 rings (SSSR count). The molecular formula is C23H29FO2S. The summed E-state index contributed by atoms with van der Waals surface area (Å²) >= 11 is 1.58. The van der Waals surface area contributed by atoms with E-state index in [1.807, 2.05) is 6.92 Å². The Kier molecular flexibility index (Phi) is 5.99. The number of hydrogen-bond donors (Lipinski definition) is 0. The first-order chi connectivity index (χ1) is 12.7. The van der Waals surface area contributed by atoms with Gasteiger partial charge in [-0.3, -0.25) is 0 Å². The molecule has 0 bridgehead atoms. The Morgan fingerprint density at radius 1 is 1.11 bits per heavy atom. The predicted molar refractivity (Wildman–Crippen MR) is 109 cm³/mol. The van der Waals surface area contributed by atoms with E-state index in [1.54, 1.807) is 31.0 Å². The van der Waals surface area contributed by atoms with Crippen LogP contribution in [-0.4, -0.2) is 19.8 Å². The van der Waals surface area contributed by atoms with Crippen molar-refractivity contribution in [2.24, 2.45) is 0 Å². The van der Waals surface area contributed by atoms with Crippen molar-refractivity contribution >= 4 is 11.8 Å². The minimum Gasteiger partial charge on any atom is -0.378 e. The Bertz CT molecular complexity index is 782. The average Bonchev–Trinajstić information content (AvgIpc) is 2.61. The van der Waals surface area contributed by atoms with Crippen molar-refractivity contribution in [2.45, 2.75) is 67.4 Å². The first-order valence-corrected chi connectivity index (χ1v) is 10.3. The number of halogens is 1. The Labute approximate surface area is 166 Å². The third kappa shape index (κ3) is 4.74. The molecule has 2 nitrogen and oxygen atoms in total. The van der Waals surface area contributed by atoms with Crippen LogP contribution >= 0.6 is 11.8 Å². The van der Waals surface area contributed by atoms with Gasteiger partial charge in [0.15, 0.2) is 0 Å². The Balaban J connectivity index is 1.87. The molecule has 2 aromatic carbocycles. The molecule has 27 heavy (non-hydrogen) atoms. The fraction of sp³-hybridized carbons (Fsp3) is 0.478. The van der Waals surface area contributed by atoms with Crippen LogP contribution in [-0.2, 0) is 20.5 Å². The summed E-state index contributed by atoms with van der Waals surface area (Å²) in [6.07, 6.45) is 1.57. The van der Waals surface area contributed by atoms with Gasteiger partial charge < -0.3 is 9.47 Å². The van der Waals surface area contributed by atoms with Crippen LogP contribution in [0.1, 0.15) is 51.7 Å². The molecule has 1 heterocycles. The third-order valence-corrected chi connectivity index (χ3v) is 6.25. The molecule has 2 aromatic rings. The molecule has 1 saturated heterocycles. The standard InChI is InChI=1S/C23H29FO2S/c1-16-15-23(25-5,10-11-26-16)18-12-19(24)14-21(13-18)27-20-8-6-17(7-9-20)22(2,3)4/h6-9,12-14,16H,10-11,15H2,1-5H3/t16-,23+/m0/s1. The summed E-state index contributed by atoms with van der Waals surface area (Å²) < 4.78 is 26.0. The lowest BCUT2D eigenvalue weighted by Gasteiger charge is -2.39. The van der Waals surface area contributed by atoms with Crippen molar-refractivity contribution in [1.82, 2.24) is 0 Å². The molecule has 1 fully saturated rings. The lowest BCUT2D eigenvalue weighted by Crippen LogP contribution is -2.39. The van der Waals surface area contributed by atoms with E-state index >= 15 is 0 Å². The summed E-state index contributed by atoms with van der Waals surface area (Å²) in [5.74, 6) is -0.225. The minimum atomic E-state index is -0.481. The fourth-order valence-corrected chi connectivity index (χ4v) is 4.56. The van der Waals surface area contributed by atoms with Crippen LogP contribution in [0.3, 0.4) is 0 Å². The summed E-state index contributed by atoms with van der Waals surface area (Å²) in [6, 6.07) is 13.8. The van der Waals surface area contributed by atoms with Gasteiger partial charge in [-0.2, -0.15) is 0 Å². The maximum Gasteiger partial charge on any atom is 0.124 e. The van der Waals surface area contributed by atoms with Crippen LogP contribution < -0.4 is 0 Å². The molecule has 0 saturated carbocycles. The highest BCUT2D eigenvalue weighted by Gasteiger charge is 2.38. The Hall–Kier alpha value is -1.36. The van der Waals surface area contributed by atoms with Gasteiger partial charge in [0.2, 0.25) is 0 Å². The van der Waals surface area contributed by atoms with Gasteiger partial charge in [-0.05, 0) is 53.8 Å². The number of methoxy groups -OCH3 is 1. The first-order valence-electron chi connectivity index (χ1n) is 9.48. The molecule has 0 amide bonds. The Morgan fingerprint density at radius 2 is 1.81 bits per heavy atom. The van der Waals surface area contributed by atoms with Crippen LogP contribution in [0.2, 0.25) is 0 Å². The normalized spacial score (nSPS) is 23.4. The number of hydrogen-bond acceptors (Lipinski definition) is 3. The number of benzene rings is 2. The van der Waals surface area contributed by atoms with Crippen molar-refractivity contribution in [3.63, 3.8) is 0 Å². The van der Waals surface area contributed by atoms with Gasteiger partial charge in [0.05, 0.1) is 18.3 Å². The van der Waals surface area contributed by atoms with Gasteiger partial charge >= 0.3 is 0 Å². The highest BCUT2D eigenvalue weighted by molar-refractivity contribution is 7.99. The molecule has 0 spiro atoms. The molecule has 2 atom stereocenters. The van der Waals surface area contributed by atoms with Crippen LogP contribution in [0.15, 0.2) is 52.3 Å². The number of ether oxygens (including phenoxy) is 2. The van der Waals surface area contributed by atoms with Crippen LogP contribution in [0.5, 0.6) is 0 Å². The van der Waals surface area contributed by atoms with E-state index in [0.717, 1.165) is 28.2 Å². The van der Waals surface area contributed by atoms with Crippen molar-refractivity contribution in [3.8, 4) is 0 Å². The smallest absolute Gasteiger partial charge is 0.124 e. The van der Waals surface area contributed by atoms with E-state index in [9.17, 15) is 4.39 Å². The molecule has 0 N–H and O–H groups in total. The zero-order valence-electron chi connectivity index (χ0n) is 16.8. The van der Waals surface area contributed by atoms with Crippen LogP contribution in [0.25, 0.3) is 0 Å². The molecule has 0 radical (unpaired) electrons. The van der Waals surface area contributed by atoms with Gasteiger partial charge in [-0.1, -0.05) is 44.7 Å². The van der Waals surface area contributed by atoms with E-state index < -0.39 is 5.60 Å². The highest BCUT2D eigenvalue weighted by Crippen LogP contribution is 2.40. The summed E-state index contributed by atoms with van der Waals surface area (Å²) in [6.45, 7) is 9.27. The fourth-order valence-electron chi connectivity index (χ4n) is 3.66. The molecule has 1 aliphatic heterocycles. The SMILES string of the molecule is CO[C@]1(c2cc(F)cc(Sc3ccc(C(C)(C)C)cc3)c2)CCO[C@@H](C)C1. The average molecular weight is 389 g/mol. The zero-order valence-corrected chi connectivity index (χ0v) is 17.7. The van der Waals surface area contributed by atoms with E-state index in [0.29, 0.717) is 6.61 Å². The minimum absolute atomic E-state index is 0.100. The molecule has 146 valence electrons. The summed E-state index contributed by atoms with van der Waals surface area (Å²) in [4.78, 5) is 2.00. The summed E-state index contributed by atoms with van der Waals surface area (Å²) in [5, 5.41) is 0. The van der Waals surface area contributed by atoms with Crippen molar-refractivity contribution < 1.29 is 13.9 Å². The quantitative estimate of drug-likeness (QED) is 0.611. The third-order valence-electron chi connectivity index (χ3n) is 5.27. The lowest BCUT2D eigenvalue weighted by atomic mass is 9.83. The Morgan fingerprint density at radius 3 is 2.41 bits per heavy atom. The van der Waals surface area contributed by atoms with Gasteiger partial charge in [0.25, 0.3) is 0 Å². The van der Waals surface area contributed by atoms with Crippen LogP contribution in [0, 0.1) is 5.82 Å². The lowest BCUT2D eigenvalue weighted by molar-refractivity contribution is -0.122. The maximum atomic E-state index is 14.4. The first kappa shape index (κ1) is 20.4. The van der Waals surface area contributed by atoms with Gasteiger partial charge in [-0.25, -0.2) is 4.39 Å². The van der Waals surface area contributed by atoms with Crippen molar-refractivity contribution in [3.05, 3.63) is 59.4 Å². The highest BCUT2D eigenvalue weighted by atomic mass is 32.2. The second kappa shape index (κ2) is 7.94. The largest absolute Gasteiger partial charge is 0.378 e. The molecule has 0 unspecified atom stereocenters. The summed E-state index contributed by atoms with van der Waals surface area (Å²) in [5.41, 5.74) is 1.83. The monoisotopic (exact) mass is 388 g/mol. The number of rotatable bonds is 4. The molecule has 0 aliphatic carbocycles. The van der Waals surface area contributed by atoms with Gasteiger partial charge in [0.1, 0.15) is 5.82 Å². The van der Waals surface area contributed by atoms with E-state index in [1.165, 1.54) is 5.56 Å². The topological polar surface area (TPSA) is 18.5 Å².